The van der Waals surface area contributed by atoms with Crippen molar-refractivity contribution in [2.75, 3.05) is 16.8 Å². The lowest BCUT2D eigenvalue weighted by atomic mass is 10.0. The van der Waals surface area contributed by atoms with Crippen LogP contribution in [-0.2, 0) is 19.5 Å². The molecule has 1 aliphatic rings. The minimum absolute atomic E-state index is 0.683. The highest BCUT2D eigenvalue weighted by Gasteiger charge is 2.18. The van der Waals surface area contributed by atoms with Crippen molar-refractivity contribution in [3.63, 3.8) is 0 Å². The van der Waals surface area contributed by atoms with Crippen LogP contribution >= 0.6 is 0 Å². The maximum atomic E-state index is 4.63. The molecule has 0 bridgehead atoms. The van der Waals surface area contributed by atoms with Crippen LogP contribution in [0.2, 0.25) is 0 Å². The zero-order chi connectivity index (χ0) is 16.2. The summed E-state index contributed by atoms with van der Waals surface area (Å²) in [5, 5.41) is 11.6. The number of hydrogen-bond acceptors (Lipinski definition) is 5. The van der Waals surface area contributed by atoms with Crippen molar-refractivity contribution in [1.82, 2.24) is 15.2 Å². The van der Waals surface area contributed by atoms with Gasteiger partial charge in [-0.15, -0.1) is 5.10 Å². The van der Waals surface area contributed by atoms with Gasteiger partial charge in [0.05, 0.1) is 6.20 Å². The van der Waals surface area contributed by atoms with Crippen LogP contribution in [-0.4, -0.2) is 21.7 Å². The van der Waals surface area contributed by atoms with E-state index in [2.05, 4.69) is 61.8 Å². The summed E-state index contributed by atoms with van der Waals surface area (Å²) in [5.41, 5.74) is 3.97. The number of nitrogens with one attached hydrogen (secondary N) is 1. The maximum Gasteiger partial charge on any atom is 0.247 e. The van der Waals surface area contributed by atoms with E-state index >= 15 is 0 Å². The van der Waals surface area contributed by atoms with E-state index in [9.17, 15) is 0 Å². The summed E-state index contributed by atoms with van der Waals surface area (Å²) in [4.78, 5) is 6.81. The Morgan fingerprint density at radius 3 is 2.62 bits per heavy atom. The van der Waals surface area contributed by atoms with Crippen LogP contribution in [0.15, 0.2) is 60.8 Å². The fourth-order valence-corrected chi connectivity index (χ4v) is 2.97. The van der Waals surface area contributed by atoms with Crippen molar-refractivity contribution in [3.05, 3.63) is 77.5 Å². The molecule has 4 rings (SSSR count). The molecule has 1 aromatic heterocycles. The van der Waals surface area contributed by atoms with Crippen molar-refractivity contribution >= 4 is 11.8 Å². The minimum Gasteiger partial charge on any atom is -0.365 e. The summed E-state index contributed by atoms with van der Waals surface area (Å²) in [6.45, 7) is 2.47. The van der Waals surface area contributed by atoms with E-state index < -0.39 is 0 Å². The number of anilines is 2. The first-order valence-electron chi connectivity index (χ1n) is 8.18. The Hall–Kier alpha value is -2.95. The molecule has 0 spiro atoms. The van der Waals surface area contributed by atoms with E-state index in [1.807, 2.05) is 18.2 Å². The van der Waals surface area contributed by atoms with Crippen LogP contribution < -0.4 is 10.2 Å². The zero-order valence-electron chi connectivity index (χ0n) is 13.4. The highest BCUT2D eigenvalue weighted by atomic mass is 15.3. The van der Waals surface area contributed by atoms with Gasteiger partial charge in [0.2, 0.25) is 5.95 Å². The first-order valence-corrected chi connectivity index (χ1v) is 8.18. The lowest BCUT2D eigenvalue weighted by Crippen LogP contribution is -2.32. The van der Waals surface area contributed by atoms with Crippen molar-refractivity contribution in [2.24, 2.45) is 0 Å². The average Bonchev–Trinajstić information content (AvgIpc) is 2.67. The fourth-order valence-electron chi connectivity index (χ4n) is 2.97. The molecule has 0 aliphatic carbocycles. The van der Waals surface area contributed by atoms with Gasteiger partial charge in [-0.1, -0.05) is 54.6 Å². The Morgan fingerprint density at radius 2 is 1.75 bits per heavy atom. The molecule has 1 aliphatic heterocycles. The number of hydrogen-bond donors (Lipinski definition) is 1. The van der Waals surface area contributed by atoms with Gasteiger partial charge in [0, 0.05) is 19.6 Å². The van der Waals surface area contributed by atoms with E-state index in [-0.39, 0.29) is 0 Å². The van der Waals surface area contributed by atoms with Gasteiger partial charge in [-0.25, -0.2) is 0 Å². The van der Waals surface area contributed by atoms with Gasteiger partial charge in [-0.2, -0.15) is 10.1 Å². The second kappa shape index (κ2) is 6.66. The molecule has 3 aromatic rings. The molecule has 1 N–H and O–H groups in total. The van der Waals surface area contributed by atoms with Crippen LogP contribution in [0.5, 0.6) is 0 Å². The van der Waals surface area contributed by atoms with Gasteiger partial charge in [-0.3, -0.25) is 0 Å². The average molecular weight is 317 g/mol. The third-order valence-corrected chi connectivity index (χ3v) is 4.28. The van der Waals surface area contributed by atoms with Crippen LogP contribution in [0.3, 0.4) is 0 Å². The summed E-state index contributed by atoms with van der Waals surface area (Å²) in [5.74, 6) is 1.44. The molecule has 120 valence electrons. The number of benzene rings is 2. The van der Waals surface area contributed by atoms with Crippen molar-refractivity contribution in [1.29, 1.82) is 0 Å². The predicted molar refractivity (Wildman–Crippen MR) is 94.8 cm³/mol. The lowest BCUT2D eigenvalue weighted by molar-refractivity contribution is 0.697. The molecule has 2 aromatic carbocycles. The van der Waals surface area contributed by atoms with E-state index in [1.165, 1.54) is 16.7 Å². The predicted octanol–water partition coefficient (Wildman–Crippen LogP) is 3.05. The minimum atomic E-state index is 0.683. The monoisotopic (exact) mass is 317 g/mol. The Balaban J connectivity index is 1.47. The summed E-state index contributed by atoms with van der Waals surface area (Å²) in [6.07, 6.45) is 2.69. The molecule has 0 saturated carbocycles. The number of rotatable bonds is 4. The van der Waals surface area contributed by atoms with E-state index in [1.54, 1.807) is 6.20 Å². The van der Waals surface area contributed by atoms with E-state index in [0.717, 1.165) is 31.9 Å². The van der Waals surface area contributed by atoms with Gasteiger partial charge >= 0.3 is 0 Å². The standard InChI is InChI=1S/C19H19N5/c1-2-6-15(7-3-1)12-20-18-13-21-23-19(22-18)24-11-10-16-8-4-5-9-17(16)14-24/h1-9,13H,10-12,14H2,(H,20,22,23). The third-order valence-electron chi connectivity index (χ3n) is 4.28. The van der Waals surface area contributed by atoms with Gasteiger partial charge < -0.3 is 10.2 Å². The molecule has 0 unspecified atom stereocenters. The molecule has 0 saturated heterocycles. The normalized spacial score (nSPS) is 13.4. The molecule has 0 fully saturated rings. The Bertz CT molecular complexity index is 819. The smallest absolute Gasteiger partial charge is 0.247 e. The van der Waals surface area contributed by atoms with Crippen LogP contribution in [0, 0.1) is 0 Å². The first kappa shape index (κ1) is 14.6. The molecule has 2 heterocycles. The largest absolute Gasteiger partial charge is 0.365 e. The highest BCUT2D eigenvalue weighted by molar-refractivity contribution is 5.43. The molecular weight excluding hydrogens is 298 g/mol. The topological polar surface area (TPSA) is 53.9 Å². The van der Waals surface area contributed by atoms with Crippen LogP contribution in [0.1, 0.15) is 16.7 Å². The molecule has 24 heavy (non-hydrogen) atoms. The van der Waals surface area contributed by atoms with Gasteiger partial charge in [0.25, 0.3) is 0 Å². The SMILES string of the molecule is c1ccc(CNc2cnnc(N3CCc4ccccc4C3)n2)cc1. The Morgan fingerprint density at radius 1 is 0.958 bits per heavy atom. The van der Waals surface area contributed by atoms with Gasteiger partial charge in [-0.05, 0) is 23.1 Å². The second-order valence-corrected chi connectivity index (χ2v) is 5.92. The Labute approximate surface area is 141 Å². The second-order valence-electron chi connectivity index (χ2n) is 5.92. The quantitative estimate of drug-likeness (QED) is 0.801. The Kier molecular flexibility index (Phi) is 4.06. The lowest BCUT2D eigenvalue weighted by Gasteiger charge is -2.28. The number of nitrogens with zero attached hydrogens (tertiary/aromatic N) is 4. The molecule has 5 nitrogen and oxygen atoms in total. The molecule has 5 heteroatoms. The summed E-state index contributed by atoms with van der Waals surface area (Å²) in [7, 11) is 0. The molecular formula is C19H19N5. The molecule has 0 amide bonds. The number of aromatic nitrogens is 3. The van der Waals surface area contributed by atoms with Crippen molar-refractivity contribution in [2.45, 2.75) is 19.5 Å². The molecule has 0 atom stereocenters. The third kappa shape index (κ3) is 3.20. The van der Waals surface area contributed by atoms with E-state index in [4.69, 9.17) is 0 Å². The fraction of sp³-hybridized carbons (Fsp3) is 0.211. The molecule has 0 radical (unpaired) electrons. The summed E-state index contributed by atoms with van der Waals surface area (Å²) >= 11 is 0. The first-order chi connectivity index (χ1) is 11.9. The van der Waals surface area contributed by atoms with Crippen LogP contribution in [0.4, 0.5) is 11.8 Å². The zero-order valence-corrected chi connectivity index (χ0v) is 13.4. The highest BCUT2D eigenvalue weighted by Crippen LogP contribution is 2.22. The summed E-state index contributed by atoms with van der Waals surface area (Å²) in [6, 6.07) is 18.8. The summed E-state index contributed by atoms with van der Waals surface area (Å²) < 4.78 is 0. The number of fused-ring (bicyclic) bond motifs is 1. The van der Waals surface area contributed by atoms with Crippen molar-refractivity contribution in [3.8, 4) is 0 Å². The van der Waals surface area contributed by atoms with Crippen LogP contribution in [0.25, 0.3) is 0 Å². The van der Waals surface area contributed by atoms with E-state index in [0.29, 0.717) is 5.95 Å². The maximum absolute atomic E-state index is 4.63. The van der Waals surface area contributed by atoms with Gasteiger partial charge in [0.1, 0.15) is 0 Å². The van der Waals surface area contributed by atoms with Crippen molar-refractivity contribution < 1.29 is 0 Å². The van der Waals surface area contributed by atoms with Gasteiger partial charge in [0.15, 0.2) is 5.82 Å².